The number of hydrogen-bond acceptors (Lipinski definition) is 4. The molecule has 0 spiro atoms. The van der Waals surface area contributed by atoms with Crippen LogP contribution in [0.4, 0.5) is 8.78 Å². The number of benzene rings is 1. The zero-order valence-corrected chi connectivity index (χ0v) is 14.6. The molecule has 142 valence electrons. The molecule has 1 aromatic carbocycles. The quantitative estimate of drug-likeness (QED) is 0.765. The molecule has 0 aromatic heterocycles. The topological polar surface area (TPSA) is 78.5 Å². The molecule has 5 aliphatic rings. The van der Waals surface area contributed by atoms with Gasteiger partial charge >= 0.3 is 0 Å². The fourth-order valence-corrected chi connectivity index (χ4v) is 5.10. The summed E-state index contributed by atoms with van der Waals surface area (Å²) in [5.74, 6) is -3.40. The lowest BCUT2D eigenvalue weighted by Gasteiger charge is -2.47. The van der Waals surface area contributed by atoms with Gasteiger partial charge in [0, 0.05) is 30.6 Å². The van der Waals surface area contributed by atoms with E-state index in [0.29, 0.717) is 23.2 Å². The van der Waals surface area contributed by atoms with E-state index >= 15 is 0 Å². The number of imide groups is 1. The van der Waals surface area contributed by atoms with Crippen molar-refractivity contribution in [2.75, 3.05) is 0 Å². The van der Waals surface area contributed by atoms with Gasteiger partial charge in [-0.15, -0.1) is 0 Å². The predicted octanol–water partition coefficient (Wildman–Crippen LogP) is 1.33. The number of halogens is 2. The van der Waals surface area contributed by atoms with E-state index in [1.165, 1.54) is 4.90 Å². The summed E-state index contributed by atoms with van der Waals surface area (Å²) >= 11 is 0. The summed E-state index contributed by atoms with van der Waals surface area (Å²) in [6.45, 7) is 0.0756. The maximum Gasteiger partial charge on any atom is 0.255 e. The summed E-state index contributed by atoms with van der Waals surface area (Å²) in [5.41, 5.74) is 0.931. The number of amides is 3. The van der Waals surface area contributed by atoms with Crippen LogP contribution in [0.5, 0.6) is 0 Å². The Bertz CT molecular complexity index is 871. The highest BCUT2D eigenvalue weighted by molar-refractivity contribution is 6.05. The first-order valence-corrected chi connectivity index (χ1v) is 9.34. The second-order valence-corrected chi connectivity index (χ2v) is 7.98. The standard InChI is InChI=1S/C19H19F2N3O3/c20-13-6-11-12(16(17(13)21)8-3-9-5-10(4-8)22-9)7-24(19(11)27)14-1-2-15(25)23-18(14)26/h6,8-10,14,22H,1-5,7H2,(H,23,25,26). The summed E-state index contributed by atoms with van der Waals surface area (Å²) in [4.78, 5) is 37.8. The molecule has 3 amide bonds. The SMILES string of the molecule is O=C1CCC(N2Cc3c(cc(F)c(F)c3C3CC4CC(C3)N4)C2=O)C(=O)N1. The average Bonchev–Trinajstić information content (AvgIpc) is 2.92. The first-order valence-electron chi connectivity index (χ1n) is 9.34. The van der Waals surface area contributed by atoms with Crippen molar-refractivity contribution < 1.29 is 23.2 Å². The van der Waals surface area contributed by atoms with Gasteiger partial charge in [-0.25, -0.2) is 8.78 Å². The molecular formula is C19H19F2N3O3. The van der Waals surface area contributed by atoms with Crippen molar-refractivity contribution in [3.8, 4) is 0 Å². The summed E-state index contributed by atoms with van der Waals surface area (Å²) in [7, 11) is 0. The minimum absolute atomic E-state index is 0.0756. The summed E-state index contributed by atoms with van der Waals surface area (Å²) in [6, 6.07) is 0.790. The molecule has 6 rings (SSSR count). The molecule has 6 nitrogen and oxygen atoms in total. The van der Waals surface area contributed by atoms with Gasteiger partial charge in [0.05, 0.1) is 0 Å². The van der Waals surface area contributed by atoms with Crippen LogP contribution in [0, 0.1) is 11.6 Å². The van der Waals surface area contributed by atoms with Crippen LogP contribution in [0.25, 0.3) is 0 Å². The predicted molar refractivity (Wildman–Crippen MR) is 89.7 cm³/mol. The van der Waals surface area contributed by atoms with Crippen LogP contribution < -0.4 is 10.6 Å². The molecule has 0 radical (unpaired) electrons. The number of fused-ring (bicyclic) bond motifs is 3. The fourth-order valence-electron chi connectivity index (χ4n) is 5.10. The molecule has 27 heavy (non-hydrogen) atoms. The zero-order valence-electron chi connectivity index (χ0n) is 14.6. The van der Waals surface area contributed by atoms with Crippen LogP contribution in [0.2, 0.25) is 0 Å². The number of rotatable bonds is 2. The first kappa shape index (κ1) is 16.8. The lowest BCUT2D eigenvalue weighted by molar-refractivity contribution is -0.136. The van der Waals surface area contributed by atoms with Gasteiger partial charge in [-0.3, -0.25) is 19.7 Å². The van der Waals surface area contributed by atoms with Gasteiger partial charge in [0.1, 0.15) is 6.04 Å². The molecule has 3 saturated heterocycles. The molecule has 1 aromatic rings. The minimum Gasteiger partial charge on any atom is -0.322 e. The minimum atomic E-state index is -1.02. The van der Waals surface area contributed by atoms with E-state index in [0.717, 1.165) is 25.3 Å². The molecule has 4 aliphatic heterocycles. The van der Waals surface area contributed by atoms with Crippen LogP contribution in [0.3, 0.4) is 0 Å². The Morgan fingerprint density at radius 1 is 1.07 bits per heavy atom. The Morgan fingerprint density at radius 3 is 2.44 bits per heavy atom. The lowest BCUT2D eigenvalue weighted by Crippen LogP contribution is -2.57. The normalized spacial score (nSPS) is 32.2. The van der Waals surface area contributed by atoms with E-state index < -0.39 is 29.5 Å². The fraction of sp³-hybridized carbons (Fsp3) is 0.526. The molecule has 8 heteroatoms. The van der Waals surface area contributed by atoms with Crippen LogP contribution >= 0.6 is 0 Å². The van der Waals surface area contributed by atoms with Crippen LogP contribution in [0.15, 0.2) is 6.07 Å². The number of carbonyl (C=O) groups excluding carboxylic acids is 3. The van der Waals surface area contributed by atoms with Gasteiger partial charge in [-0.2, -0.15) is 0 Å². The van der Waals surface area contributed by atoms with Crippen LogP contribution in [-0.4, -0.2) is 40.7 Å². The van der Waals surface area contributed by atoms with Crippen molar-refractivity contribution in [1.82, 2.24) is 15.5 Å². The van der Waals surface area contributed by atoms with Crippen molar-refractivity contribution in [2.45, 2.75) is 62.7 Å². The van der Waals surface area contributed by atoms with Gasteiger partial charge < -0.3 is 10.2 Å². The maximum absolute atomic E-state index is 14.8. The van der Waals surface area contributed by atoms with E-state index in [1.807, 2.05) is 0 Å². The van der Waals surface area contributed by atoms with Crippen LogP contribution in [0.1, 0.15) is 59.5 Å². The van der Waals surface area contributed by atoms with E-state index in [-0.39, 0.29) is 36.8 Å². The second-order valence-electron chi connectivity index (χ2n) is 7.98. The highest BCUT2D eigenvalue weighted by atomic mass is 19.2. The molecule has 3 unspecified atom stereocenters. The van der Waals surface area contributed by atoms with Gasteiger partial charge in [0.2, 0.25) is 11.8 Å². The third-order valence-electron chi connectivity index (χ3n) is 6.36. The summed E-state index contributed by atoms with van der Waals surface area (Å²) in [5, 5.41) is 5.62. The summed E-state index contributed by atoms with van der Waals surface area (Å²) in [6.07, 6.45) is 2.86. The average molecular weight is 375 g/mol. The van der Waals surface area contributed by atoms with Crippen molar-refractivity contribution >= 4 is 17.7 Å². The van der Waals surface area contributed by atoms with Crippen LogP contribution in [-0.2, 0) is 16.1 Å². The monoisotopic (exact) mass is 375 g/mol. The summed E-state index contributed by atoms with van der Waals surface area (Å²) < 4.78 is 29.0. The van der Waals surface area contributed by atoms with E-state index in [9.17, 15) is 23.2 Å². The third-order valence-corrected chi connectivity index (χ3v) is 6.36. The molecule has 4 heterocycles. The molecule has 1 saturated carbocycles. The third kappa shape index (κ3) is 2.50. The molecule has 2 bridgehead atoms. The Kier molecular flexibility index (Phi) is 3.62. The number of carbonyl (C=O) groups is 3. The first-order chi connectivity index (χ1) is 12.9. The van der Waals surface area contributed by atoms with Crippen molar-refractivity contribution in [3.05, 3.63) is 34.4 Å². The number of nitrogens with zero attached hydrogens (tertiary/aromatic N) is 1. The molecule has 4 fully saturated rings. The van der Waals surface area contributed by atoms with Crippen molar-refractivity contribution in [1.29, 1.82) is 0 Å². The molecule has 1 aliphatic carbocycles. The number of piperidine rings is 2. The Labute approximate surface area is 154 Å². The molecular weight excluding hydrogens is 356 g/mol. The smallest absolute Gasteiger partial charge is 0.255 e. The largest absolute Gasteiger partial charge is 0.322 e. The Hall–Kier alpha value is -2.35. The van der Waals surface area contributed by atoms with E-state index in [4.69, 9.17) is 0 Å². The lowest BCUT2D eigenvalue weighted by atomic mass is 9.72. The van der Waals surface area contributed by atoms with Crippen molar-refractivity contribution in [2.24, 2.45) is 0 Å². The van der Waals surface area contributed by atoms with E-state index in [2.05, 4.69) is 10.6 Å². The Morgan fingerprint density at radius 2 is 1.78 bits per heavy atom. The van der Waals surface area contributed by atoms with Gasteiger partial charge in [-0.1, -0.05) is 0 Å². The van der Waals surface area contributed by atoms with Gasteiger partial charge in [0.15, 0.2) is 11.6 Å². The molecule has 3 atom stereocenters. The Balaban J connectivity index is 1.51. The second kappa shape index (κ2) is 5.82. The highest BCUT2D eigenvalue weighted by Crippen LogP contribution is 2.44. The molecule has 2 N–H and O–H groups in total. The van der Waals surface area contributed by atoms with Gasteiger partial charge in [-0.05, 0) is 48.8 Å². The van der Waals surface area contributed by atoms with Crippen molar-refractivity contribution in [3.63, 3.8) is 0 Å². The maximum atomic E-state index is 14.8. The number of hydrogen-bond donors (Lipinski definition) is 2. The highest BCUT2D eigenvalue weighted by Gasteiger charge is 2.45. The van der Waals surface area contributed by atoms with Gasteiger partial charge in [0.25, 0.3) is 5.91 Å². The van der Waals surface area contributed by atoms with E-state index in [1.54, 1.807) is 0 Å². The number of nitrogens with one attached hydrogen (secondary N) is 2. The zero-order chi connectivity index (χ0) is 18.9.